The van der Waals surface area contributed by atoms with E-state index < -0.39 is 12.0 Å². The summed E-state index contributed by atoms with van der Waals surface area (Å²) >= 11 is 0. The van der Waals surface area contributed by atoms with Gasteiger partial charge >= 0.3 is 12.0 Å². The predicted octanol–water partition coefficient (Wildman–Crippen LogP) is 2.93. The first-order valence-corrected chi connectivity index (χ1v) is 7.91. The molecular weight excluding hydrogens is 352 g/mol. The topological polar surface area (TPSA) is 115 Å². The number of anilines is 2. The highest BCUT2D eigenvalue weighted by Gasteiger charge is 2.16. The van der Waals surface area contributed by atoms with Gasteiger partial charge in [0.1, 0.15) is 0 Å². The van der Waals surface area contributed by atoms with Gasteiger partial charge in [0.25, 0.3) is 0 Å². The van der Waals surface area contributed by atoms with Crippen molar-refractivity contribution in [1.29, 1.82) is 0 Å². The quantitative estimate of drug-likeness (QED) is 0.636. The van der Waals surface area contributed by atoms with Crippen LogP contribution in [0.25, 0.3) is 11.0 Å². The fourth-order valence-electron chi connectivity index (χ4n) is 2.74. The van der Waals surface area contributed by atoms with Gasteiger partial charge in [-0.2, -0.15) is 0 Å². The molecule has 0 atom stereocenters. The van der Waals surface area contributed by atoms with Crippen LogP contribution in [0, 0.1) is 0 Å². The van der Waals surface area contributed by atoms with Crippen molar-refractivity contribution in [2.75, 3.05) is 24.9 Å². The number of hydrogen-bond donors (Lipinski definition) is 3. The van der Waals surface area contributed by atoms with Crippen molar-refractivity contribution in [3.05, 3.63) is 42.2 Å². The van der Waals surface area contributed by atoms with Crippen LogP contribution in [-0.4, -0.2) is 40.9 Å². The molecular formula is C18H18N4O5. The molecule has 0 fully saturated rings. The number of nitrogens with zero attached hydrogens (tertiary/aromatic N) is 2. The molecule has 0 bridgehead atoms. The lowest BCUT2D eigenvalue weighted by atomic mass is 10.1. The molecule has 3 rings (SSSR count). The molecule has 1 aromatic heterocycles. The monoisotopic (exact) mass is 370 g/mol. The third kappa shape index (κ3) is 3.61. The Morgan fingerprint density at radius 3 is 2.41 bits per heavy atom. The summed E-state index contributed by atoms with van der Waals surface area (Å²) in [5, 5.41) is 14.7. The summed E-state index contributed by atoms with van der Waals surface area (Å²) in [4.78, 5) is 28.0. The summed E-state index contributed by atoms with van der Waals surface area (Å²) in [6.45, 7) is 0. The number of carbonyl (C=O) groups excluding carboxylic acids is 1. The van der Waals surface area contributed by atoms with E-state index in [1.165, 1.54) is 26.6 Å². The number of amides is 2. The molecule has 1 heterocycles. The van der Waals surface area contributed by atoms with Crippen molar-refractivity contribution in [2.24, 2.45) is 7.05 Å². The molecule has 3 N–H and O–H groups in total. The number of aromatic nitrogens is 2. The lowest BCUT2D eigenvalue weighted by Crippen LogP contribution is -2.19. The fourth-order valence-corrected chi connectivity index (χ4v) is 2.74. The van der Waals surface area contributed by atoms with Crippen LogP contribution in [0.3, 0.4) is 0 Å². The van der Waals surface area contributed by atoms with Crippen LogP contribution in [0.1, 0.15) is 10.4 Å². The van der Waals surface area contributed by atoms with E-state index >= 15 is 0 Å². The molecule has 140 valence electrons. The highest BCUT2D eigenvalue weighted by atomic mass is 16.5. The maximum absolute atomic E-state index is 12.3. The zero-order valence-corrected chi connectivity index (χ0v) is 14.9. The van der Waals surface area contributed by atoms with E-state index in [9.17, 15) is 14.7 Å². The molecule has 2 amide bonds. The summed E-state index contributed by atoms with van der Waals surface area (Å²) in [6, 6.07) is 7.40. The van der Waals surface area contributed by atoms with E-state index in [4.69, 9.17) is 9.47 Å². The average molecular weight is 370 g/mol. The number of nitrogens with one attached hydrogen (secondary N) is 2. The van der Waals surface area contributed by atoms with Gasteiger partial charge in [-0.25, -0.2) is 14.6 Å². The molecule has 0 unspecified atom stereocenters. The van der Waals surface area contributed by atoms with Crippen molar-refractivity contribution in [3.8, 4) is 11.5 Å². The van der Waals surface area contributed by atoms with E-state index in [0.29, 0.717) is 33.9 Å². The number of aromatic carboxylic acids is 1. The Kier molecular flexibility index (Phi) is 4.84. The molecule has 0 aliphatic rings. The molecule has 0 saturated carbocycles. The zero-order valence-electron chi connectivity index (χ0n) is 14.9. The minimum atomic E-state index is -1.10. The van der Waals surface area contributed by atoms with Crippen molar-refractivity contribution in [2.45, 2.75) is 0 Å². The SMILES string of the molecule is COc1ccc(NC(=O)Nc2cc(C(=O)O)c3c(c2)ncn3C)cc1OC. The van der Waals surface area contributed by atoms with Crippen LogP contribution in [0.5, 0.6) is 11.5 Å². The number of methoxy groups -OCH3 is 2. The van der Waals surface area contributed by atoms with Crippen LogP contribution in [-0.2, 0) is 7.05 Å². The third-order valence-electron chi connectivity index (χ3n) is 3.94. The van der Waals surface area contributed by atoms with Crippen molar-refractivity contribution in [1.82, 2.24) is 9.55 Å². The largest absolute Gasteiger partial charge is 0.493 e. The Morgan fingerprint density at radius 2 is 1.74 bits per heavy atom. The molecule has 9 heteroatoms. The molecule has 0 radical (unpaired) electrons. The minimum absolute atomic E-state index is 0.0499. The Morgan fingerprint density at radius 1 is 1.04 bits per heavy atom. The number of carboxylic acid groups (broad SMARTS) is 1. The summed E-state index contributed by atoms with van der Waals surface area (Å²) in [5.41, 5.74) is 1.81. The Balaban J connectivity index is 1.83. The van der Waals surface area contributed by atoms with E-state index in [1.54, 1.807) is 35.9 Å². The lowest BCUT2D eigenvalue weighted by Gasteiger charge is -2.12. The van der Waals surface area contributed by atoms with Crippen LogP contribution in [0.2, 0.25) is 0 Å². The first-order chi connectivity index (χ1) is 12.9. The van der Waals surface area contributed by atoms with Crippen LogP contribution in [0.4, 0.5) is 16.2 Å². The maximum Gasteiger partial charge on any atom is 0.337 e. The molecule has 9 nitrogen and oxygen atoms in total. The van der Waals surface area contributed by atoms with Crippen LogP contribution >= 0.6 is 0 Å². The van der Waals surface area contributed by atoms with E-state index in [0.717, 1.165) is 0 Å². The van der Waals surface area contributed by atoms with Gasteiger partial charge in [0.2, 0.25) is 0 Å². The number of aryl methyl sites for hydroxylation is 1. The number of benzene rings is 2. The summed E-state index contributed by atoms with van der Waals surface area (Å²) in [7, 11) is 4.72. The van der Waals surface area contributed by atoms with Crippen molar-refractivity contribution >= 4 is 34.4 Å². The minimum Gasteiger partial charge on any atom is -0.493 e. The Hall–Kier alpha value is -3.75. The van der Waals surface area contributed by atoms with Gasteiger partial charge in [0.05, 0.1) is 37.1 Å². The molecule has 0 aliphatic heterocycles. The molecule has 0 aliphatic carbocycles. The third-order valence-corrected chi connectivity index (χ3v) is 3.94. The Labute approximate surface area is 154 Å². The van der Waals surface area contributed by atoms with Gasteiger partial charge in [-0.05, 0) is 24.3 Å². The first-order valence-electron chi connectivity index (χ1n) is 7.91. The smallest absolute Gasteiger partial charge is 0.337 e. The van der Waals surface area contributed by atoms with E-state index in [1.807, 2.05) is 0 Å². The van der Waals surface area contributed by atoms with Crippen LogP contribution in [0.15, 0.2) is 36.7 Å². The van der Waals surface area contributed by atoms with Gasteiger partial charge < -0.3 is 29.8 Å². The molecule has 27 heavy (non-hydrogen) atoms. The predicted molar refractivity (Wildman–Crippen MR) is 99.9 cm³/mol. The normalized spacial score (nSPS) is 10.5. The second-order valence-corrected chi connectivity index (χ2v) is 5.70. The first kappa shape index (κ1) is 18.1. The molecule has 0 saturated heterocycles. The standard InChI is InChI=1S/C18H18N4O5/c1-22-9-19-13-7-11(6-12(16(13)22)17(23)24)21-18(25)20-10-4-5-14(26-2)15(8-10)27-3/h4-9H,1-3H3,(H,23,24)(H2,20,21,25). The van der Waals surface area contributed by atoms with Gasteiger partial charge in [0, 0.05) is 24.5 Å². The summed E-state index contributed by atoms with van der Waals surface area (Å²) in [5.74, 6) is -0.0962. The number of rotatable bonds is 5. The number of carbonyl (C=O) groups is 2. The summed E-state index contributed by atoms with van der Waals surface area (Å²) < 4.78 is 12.0. The second kappa shape index (κ2) is 7.24. The van der Waals surface area contributed by atoms with Crippen molar-refractivity contribution < 1.29 is 24.2 Å². The van der Waals surface area contributed by atoms with Gasteiger partial charge in [-0.1, -0.05) is 0 Å². The molecule has 3 aromatic rings. The van der Waals surface area contributed by atoms with Crippen LogP contribution < -0.4 is 20.1 Å². The van der Waals surface area contributed by atoms with Gasteiger partial charge in [0.15, 0.2) is 11.5 Å². The highest BCUT2D eigenvalue weighted by Crippen LogP contribution is 2.30. The number of ether oxygens (including phenoxy) is 2. The maximum atomic E-state index is 12.3. The Bertz CT molecular complexity index is 1030. The average Bonchev–Trinajstić information content (AvgIpc) is 3.01. The number of urea groups is 1. The lowest BCUT2D eigenvalue weighted by molar-refractivity contribution is 0.0698. The van der Waals surface area contributed by atoms with E-state index in [-0.39, 0.29) is 5.56 Å². The number of fused-ring (bicyclic) bond motifs is 1. The highest BCUT2D eigenvalue weighted by molar-refractivity contribution is 6.06. The van der Waals surface area contributed by atoms with E-state index in [2.05, 4.69) is 15.6 Å². The van der Waals surface area contributed by atoms with Gasteiger partial charge in [-0.3, -0.25) is 0 Å². The number of hydrogen-bond acceptors (Lipinski definition) is 5. The second-order valence-electron chi connectivity index (χ2n) is 5.70. The number of carboxylic acids is 1. The summed E-state index contributed by atoms with van der Waals surface area (Å²) in [6.07, 6.45) is 1.52. The number of imidazole rings is 1. The molecule has 2 aromatic carbocycles. The fraction of sp³-hybridized carbons (Fsp3) is 0.167. The van der Waals surface area contributed by atoms with Crippen molar-refractivity contribution in [3.63, 3.8) is 0 Å². The molecule has 0 spiro atoms. The zero-order chi connectivity index (χ0) is 19.6. The van der Waals surface area contributed by atoms with Gasteiger partial charge in [-0.15, -0.1) is 0 Å².